The lowest BCUT2D eigenvalue weighted by Crippen LogP contribution is -2.30. The minimum atomic E-state index is -0.750. The van der Waals surface area contributed by atoms with Crippen molar-refractivity contribution in [2.45, 2.75) is 59.2 Å². The number of carbonyl (C=O) groups is 2. The molecule has 1 N–H and O–H groups in total. The van der Waals surface area contributed by atoms with Crippen molar-refractivity contribution < 1.29 is 19.1 Å². The molecule has 2 atom stereocenters. The van der Waals surface area contributed by atoms with Gasteiger partial charge < -0.3 is 14.8 Å². The molecule has 2 unspecified atom stereocenters. The summed E-state index contributed by atoms with van der Waals surface area (Å²) in [6.07, 6.45) is 1.77. The topological polar surface area (TPSA) is 64.6 Å². The van der Waals surface area contributed by atoms with Crippen LogP contribution in [0.25, 0.3) is 0 Å². The number of anilines is 1. The lowest BCUT2D eigenvalue weighted by molar-refractivity contribution is -0.122. The van der Waals surface area contributed by atoms with Crippen LogP contribution in [0.2, 0.25) is 5.02 Å². The fourth-order valence-corrected chi connectivity index (χ4v) is 4.92. The molecule has 3 rings (SSSR count). The fourth-order valence-electron chi connectivity index (χ4n) is 3.34. The summed E-state index contributed by atoms with van der Waals surface area (Å²) in [5.41, 5.74) is 1.51. The van der Waals surface area contributed by atoms with E-state index in [-0.39, 0.29) is 18.0 Å². The highest BCUT2D eigenvalue weighted by molar-refractivity contribution is 7.17. The van der Waals surface area contributed by atoms with Gasteiger partial charge in [0.05, 0.1) is 11.7 Å². The van der Waals surface area contributed by atoms with E-state index in [1.54, 1.807) is 31.2 Å². The first-order valence-corrected chi connectivity index (χ1v) is 11.0. The number of hydrogen-bond donors (Lipinski definition) is 1. The summed E-state index contributed by atoms with van der Waals surface area (Å²) >= 11 is 7.44. The van der Waals surface area contributed by atoms with E-state index in [9.17, 15) is 9.59 Å². The number of thiophene rings is 1. The number of esters is 1. The van der Waals surface area contributed by atoms with E-state index in [1.165, 1.54) is 11.3 Å². The van der Waals surface area contributed by atoms with Crippen molar-refractivity contribution in [3.63, 3.8) is 0 Å². The molecular weight excluding hydrogens is 410 g/mol. The van der Waals surface area contributed by atoms with Crippen molar-refractivity contribution in [1.29, 1.82) is 0 Å². The Morgan fingerprint density at radius 3 is 2.72 bits per heavy atom. The van der Waals surface area contributed by atoms with Gasteiger partial charge in [0, 0.05) is 9.90 Å². The molecule has 156 valence electrons. The van der Waals surface area contributed by atoms with E-state index in [0.717, 1.165) is 29.7 Å². The summed E-state index contributed by atoms with van der Waals surface area (Å²) in [4.78, 5) is 26.7. The lowest BCUT2D eigenvalue weighted by Gasteiger charge is -2.19. The number of hydrogen-bond acceptors (Lipinski definition) is 5. The van der Waals surface area contributed by atoms with E-state index in [1.807, 2.05) is 13.8 Å². The van der Waals surface area contributed by atoms with Crippen LogP contribution in [0.1, 0.15) is 54.9 Å². The zero-order valence-electron chi connectivity index (χ0n) is 17.1. The Morgan fingerprint density at radius 2 is 2.03 bits per heavy atom. The second kappa shape index (κ2) is 9.18. The number of halogens is 1. The highest BCUT2D eigenvalue weighted by Gasteiger charge is 2.30. The molecule has 1 aliphatic carbocycles. The maximum absolute atomic E-state index is 12.8. The molecular formula is C22H26ClNO4S. The smallest absolute Gasteiger partial charge is 0.341 e. The number of carbonyl (C=O) groups excluding carboxylic acids is 2. The summed E-state index contributed by atoms with van der Waals surface area (Å²) < 4.78 is 11.2. The SMILES string of the molecule is CC1CCc2c(sc(NC(=O)C(C)Oc3cccc(Cl)c3)c2C(=O)OC(C)C)C1. The monoisotopic (exact) mass is 435 g/mol. The average molecular weight is 436 g/mol. The Bertz CT molecular complexity index is 908. The number of fused-ring (bicyclic) bond motifs is 1. The molecule has 1 aromatic heterocycles. The Morgan fingerprint density at radius 1 is 1.28 bits per heavy atom. The van der Waals surface area contributed by atoms with Gasteiger partial charge in [-0.3, -0.25) is 4.79 Å². The van der Waals surface area contributed by atoms with Gasteiger partial charge >= 0.3 is 5.97 Å². The van der Waals surface area contributed by atoms with E-state index in [4.69, 9.17) is 21.1 Å². The summed E-state index contributed by atoms with van der Waals surface area (Å²) in [5.74, 6) is 0.364. The first kappa shape index (κ1) is 21.7. The van der Waals surface area contributed by atoms with Crippen LogP contribution >= 0.6 is 22.9 Å². The predicted octanol–water partition coefficient (Wildman–Crippen LogP) is 5.50. The van der Waals surface area contributed by atoms with Crippen LogP contribution in [0, 0.1) is 5.92 Å². The van der Waals surface area contributed by atoms with Crippen LogP contribution in [0.4, 0.5) is 5.00 Å². The van der Waals surface area contributed by atoms with Gasteiger partial charge in [0.1, 0.15) is 10.8 Å². The number of ether oxygens (including phenoxy) is 2. The average Bonchev–Trinajstić information content (AvgIpc) is 2.97. The van der Waals surface area contributed by atoms with Crippen LogP contribution < -0.4 is 10.1 Å². The Balaban J connectivity index is 1.81. The van der Waals surface area contributed by atoms with E-state index < -0.39 is 6.10 Å². The number of nitrogens with one attached hydrogen (secondary N) is 1. The Kier molecular flexibility index (Phi) is 6.85. The molecule has 7 heteroatoms. The number of amides is 1. The second-order valence-corrected chi connectivity index (χ2v) is 9.26. The molecule has 0 saturated heterocycles. The van der Waals surface area contributed by atoms with Gasteiger partial charge in [-0.15, -0.1) is 11.3 Å². The molecule has 1 aromatic carbocycles. The maximum Gasteiger partial charge on any atom is 0.341 e. The molecule has 29 heavy (non-hydrogen) atoms. The van der Waals surface area contributed by atoms with Crippen molar-refractivity contribution in [2.75, 3.05) is 5.32 Å². The van der Waals surface area contributed by atoms with Gasteiger partial charge in [0.2, 0.25) is 0 Å². The molecule has 0 radical (unpaired) electrons. The van der Waals surface area contributed by atoms with Crippen LogP contribution in [-0.2, 0) is 22.4 Å². The van der Waals surface area contributed by atoms with Crippen LogP contribution in [0.15, 0.2) is 24.3 Å². The fraction of sp³-hybridized carbons (Fsp3) is 0.455. The Hall–Kier alpha value is -2.05. The van der Waals surface area contributed by atoms with E-state index >= 15 is 0 Å². The minimum absolute atomic E-state index is 0.228. The van der Waals surface area contributed by atoms with E-state index in [0.29, 0.717) is 27.3 Å². The third-order valence-corrected chi connectivity index (χ3v) is 6.18. The summed E-state index contributed by atoms with van der Waals surface area (Å²) in [6, 6.07) is 6.90. The molecule has 1 aliphatic rings. The molecule has 1 amide bonds. The van der Waals surface area contributed by atoms with Gasteiger partial charge in [-0.2, -0.15) is 0 Å². The van der Waals surface area contributed by atoms with Crippen LogP contribution in [0.3, 0.4) is 0 Å². The van der Waals surface area contributed by atoms with Crippen LogP contribution in [0.5, 0.6) is 5.75 Å². The zero-order chi connectivity index (χ0) is 21.1. The summed E-state index contributed by atoms with van der Waals surface area (Å²) in [5, 5.41) is 3.97. The van der Waals surface area contributed by atoms with Crippen molar-refractivity contribution in [3.05, 3.63) is 45.3 Å². The Labute approximate surface area is 180 Å². The van der Waals surface area contributed by atoms with Crippen molar-refractivity contribution in [2.24, 2.45) is 5.92 Å². The van der Waals surface area contributed by atoms with E-state index in [2.05, 4.69) is 12.2 Å². The maximum atomic E-state index is 12.8. The molecule has 2 aromatic rings. The van der Waals surface area contributed by atoms with Gasteiger partial charge in [0.15, 0.2) is 6.10 Å². The number of benzene rings is 1. The molecule has 5 nitrogen and oxygen atoms in total. The minimum Gasteiger partial charge on any atom is -0.481 e. The molecule has 0 saturated carbocycles. The van der Waals surface area contributed by atoms with Gasteiger partial charge in [-0.1, -0.05) is 24.6 Å². The first-order valence-electron chi connectivity index (χ1n) is 9.83. The molecule has 1 heterocycles. The second-order valence-electron chi connectivity index (χ2n) is 7.72. The largest absolute Gasteiger partial charge is 0.481 e. The van der Waals surface area contributed by atoms with Crippen molar-refractivity contribution in [3.8, 4) is 5.75 Å². The first-order chi connectivity index (χ1) is 13.7. The third kappa shape index (κ3) is 5.31. The molecule has 0 aliphatic heterocycles. The van der Waals surface area contributed by atoms with Crippen molar-refractivity contribution >= 4 is 39.8 Å². The van der Waals surface area contributed by atoms with Crippen molar-refractivity contribution in [1.82, 2.24) is 0 Å². The highest BCUT2D eigenvalue weighted by Crippen LogP contribution is 2.40. The molecule has 0 fully saturated rings. The standard InChI is InChI=1S/C22H26ClNO4S/c1-12(2)27-22(26)19-17-9-8-13(3)10-18(17)29-21(19)24-20(25)14(4)28-16-7-5-6-15(23)11-16/h5-7,11-14H,8-10H2,1-4H3,(H,24,25). The van der Waals surface area contributed by atoms with Crippen LogP contribution in [-0.4, -0.2) is 24.1 Å². The molecule has 0 bridgehead atoms. The quantitative estimate of drug-likeness (QED) is 0.608. The summed E-state index contributed by atoms with van der Waals surface area (Å²) in [6.45, 7) is 7.50. The highest BCUT2D eigenvalue weighted by atomic mass is 35.5. The lowest BCUT2D eigenvalue weighted by atomic mass is 9.88. The summed E-state index contributed by atoms with van der Waals surface area (Å²) in [7, 11) is 0. The molecule has 0 spiro atoms. The van der Waals surface area contributed by atoms with Gasteiger partial charge in [-0.05, 0) is 69.7 Å². The number of rotatable bonds is 6. The normalized spacial score (nSPS) is 16.8. The third-order valence-electron chi connectivity index (χ3n) is 4.77. The zero-order valence-corrected chi connectivity index (χ0v) is 18.7. The van der Waals surface area contributed by atoms with Gasteiger partial charge in [0.25, 0.3) is 5.91 Å². The predicted molar refractivity (Wildman–Crippen MR) is 116 cm³/mol. The van der Waals surface area contributed by atoms with Gasteiger partial charge in [-0.25, -0.2) is 4.79 Å².